The van der Waals surface area contributed by atoms with Crippen molar-refractivity contribution < 1.29 is 4.79 Å². The number of nitrogens with zero attached hydrogens (tertiary/aromatic N) is 1. The van der Waals surface area contributed by atoms with Crippen LogP contribution in [-0.2, 0) is 4.79 Å². The SMILES string of the molecule is CCC(CC)(CN)C(=O)NC1CCN(C2CCCCC2)CC1.Cl.Cl. The average molecular weight is 382 g/mol. The highest BCUT2D eigenvalue weighted by atomic mass is 35.5. The minimum absolute atomic E-state index is 0. The van der Waals surface area contributed by atoms with E-state index in [-0.39, 0.29) is 36.1 Å². The molecule has 0 bridgehead atoms. The normalized spacial score (nSPS) is 20.8. The molecule has 2 aliphatic rings. The third-order valence-electron chi connectivity index (χ3n) is 6.18. The molecule has 1 saturated heterocycles. The Bertz CT molecular complexity index is 342. The molecule has 1 amide bonds. The Morgan fingerprint density at radius 2 is 1.58 bits per heavy atom. The zero-order chi connectivity index (χ0) is 16.0. The summed E-state index contributed by atoms with van der Waals surface area (Å²) < 4.78 is 0. The van der Waals surface area contributed by atoms with E-state index in [0.29, 0.717) is 12.6 Å². The zero-order valence-electron chi connectivity index (χ0n) is 15.4. The van der Waals surface area contributed by atoms with Crippen molar-refractivity contribution in [2.45, 2.75) is 83.7 Å². The van der Waals surface area contributed by atoms with Gasteiger partial charge in [0.1, 0.15) is 0 Å². The monoisotopic (exact) mass is 381 g/mol. The molecule has 0 aromatic carbocycles. The van der Waals surface area contributed by atoms with Gasteiger partial charge in [-0.1, -0.05) is 33.1 Å². The molecular formula is C18H37Cl2N3O. The molecule has 0 aromatic rings. The van der Waals surface area contributed by atoms with Crippen molar-refractivity contribution in [1.82, 2.24) is 10.2 Å². The fraction of sp³-hybridized carbons (Fsp3) is 0.944. The number of carbonyl (C=O) groups excluding carboxylic acids is 1. The largest absolute Gasteiger partial charge is 0.353 e. The van der Waals surface area contributed by atoms with Crippen LogP contribution in [0.25, 0.3) is 0 Å². The summed E-state index contributed by atoms with van der Waals surface area (Å²) in [6, 6.07) is 1.15. The van der Waals surface area contributed by atoms with E-state index in [1.807, 2.05) is 0 Å². The first kappa shape index (κ1) is 24.0. The average Bonchev–Trinajstić information content (AvgIpc) is 2.58. The van der Waals surface area contributed by atoms with Crippen LogP contribution < -0.4 is 11.1 Å². The van der Waals surface area contributed by atoms with Gasteiger partial charge >= 0.3 is 0 Å². The Hall–Kier alpha value is -0.0300. The van der Waals surface area contributed by atoms with Gasteiger partial charge in [-0.3, -0.25) is 4.79 Å². The molecule has 24 heavy (non-hydrogen) atoms. The second-order valence-corrected chi connectivity index (χ2v) is 7.27. The van der Waals surface area contributed by atoms with Crippen LogP contribution in [0.5, 0.6) is 0 Å². The summed E-state index contributed by atoms with van der Waals surface area (Å²) in [5.41, 5.74) is 5.52. The Morgan fingerprint density at radius 3 is 2.04 bits per heavy atom. The van der Waals surface area contributed by atoms with Crippen LogP contribution in [0.1, 0.15) is 71.6 Å². The third kappa shape index (κ3) is 5.76. The van der Waals surface area contributed by atoms with Gasteiger partial charge in [0.2, 0.25) is 5.91 Å². The standard InChI is InChI=1S/C18H35N3O.2ClH/c1-3-18(4-2,14-19)17(22)20-15-10-12-21(13-11-15)16-8-6-5-7-9-16;;/h15-16H,3-14,19H2,1-2H3,(H,20,22);2*1H. The molecule has 1 aliphatic carbocycles. The predicted octanol–water partition coefficient (Wildman–Crippen LogP) is 3.51. The molecule has 1 aliphatic heterocycles. The number of nitrogens with two attached hydrogens (primary N) is 1. The number of carbonyl (C=O) groups is 1. The van der Waals surface area contributed by atoms with Gasteiger partial charge in [-0.2, -0.15) is 0 Å². The fourth-order valence-electron chi connectivity index (χ4n) is 4.15. The molecule has 0 radical (unpaired) electrons. The second-order valence-electron chi connectivity index (χ2n) is 7.27. The summed E-state index contributed by atoms with van der Waals surface area (Å²) in [7, 11) is 0. The zero-order valence-corrected chi connectivity index (χ0v) is 17.0. The summed E-state index contributed by atoms with van der Waals surface area (Å²) in [5, 5.41) is 3.29. The van der Waals surface area contributed by atoms with Crippen LogP contribution in [0.15, 0.2) is 0 Å². The van der Waals surface area contributed by atoms with Gasteiger partial charge in [0.15, 0.2) is 0 Å². The Labute approximate surface area is 160 Å². The fourth-order valence-corrected chi connectivity index (χ4v) is 4.15. The number of amides is 1. The number of hydrogen-bond donors (Lipinski definition) is 2. The van der Waals surface area contributed by atoms with E-state index in [1.165, 1.54) is 32.1 Å². The number of rotatable bonds is 6. The third-order valence-corrected chi connectivity index (χ3v) is 6.18. The van der Waals surface area contributed by atoms with Gasteiger partial charge in [0.25, 0.3) is 0 Å². The smallest absolute Gasteiger partial charge is 0.227 e. The predicted molar refractivity (Wildman–Crippen MR) is 106 cm³/mol. The maximum absolute atomic E-state index is 12.6. The lowest BCUT2D eigenvalue weighted by Gasteiger charge is -2.40. The number of hydrogen-bond acceptors (Lipinski definition) is 3. The molecular weight excluding hydrogens is 345 g/mol. The Balaban J connectivity index is 0.00000264. The van der Waals surface area contributed by atoms with Crippen molar-refractivity contribution in [3.05, 3.63) is 0 Å². The van der Waals surface area contributed by atoms with E-state index in [2.05, 4.69) is 24.1 Å². The molecule has 6 heteroatoms. The lowest BCUT2D eigenvalue weighted by atomic mass is 9.81. The van der Waals surface area contributed by atoms with E-state index in [9.17, 15) is 4.79 Å². The molecule has 0 atom stereocenters. The van der Waals surface area contributed by atoms with E-state index in [4.69, 9.17) is 5.73 Å². The summed E-state index contributed by atoms with van der Waals surface area (Å²) in [6.07, 6.45) is 10.8. The Morgan fingerprint density at radius 1 is 1.04 bits per heavy atom. The second kappa shape index (κ2) is 11.6. The van der Waals surface area contributed by atoms with Gasteiger partial charge in [-0.25, -0.2) is 0 Å². The molecule has 4 nitrogen and oxygen atoms in total. The van der Waals surface area contributed by atoms with E-state index < -0.39 is 0 Å². The van der Waals surface area contributed by atoms with Crippen molar-refractivity contribution in [1.29, 1.82) is 0 Å². The van der Waals surface area contributed by atoms with Crippen molar-refractivity contribution in [3.8, 4) is 0 Å². The molecule has 2 fully saturated rings. The van der Waals surface area contributed by atoms with Crippen molar-refractivity contribution >= 4 is 30.7 Å². The van der Waals surface area contributed by atoms with Crippen molar-refractivity contribution in [3.63, 3.8) is 0 Å². The highest BCUT2D eigenvalue weighted by Crippen LogP contribution is 2.27. The summed E-state index contributed by atoms with van der Waals surface area (Å²) in [5.74, 6) is 0.177. The Kier molecular flexibility index (Phi) is 11.5. The van der Waals surface area contributed by atoms with E-state index in [0.717, 1.165) is 44.8 Å². The summed E-state index contributed by atoms with van der Waals surface area (Å²) in [4.78, 5) is 15.3. The minimum atomic E-state index is -0.361. The van der Waals surface area contributed by atoms with Crippen LogP contribution in [0, 0.1) is 5.41 Å². The number of halogens is 2. The first-order chi connectivity index (χ1) is 10.6. The number of piperidine rings is 1. The molecule has 0 aromatic heterocycles. The van der Waals surface area contributed by atoms with Crippen LogP contribution in [0.4, 0.5) is 0 Å². The van der Waals surface area contributed by atoms with Gasteiger partial charge in [0.05, 0.1) is 5.41 Å². The molecule has 0 spiro atoms. The maximum atomic E-state index is 12.6. The van der Waals surface area contributed by atoms with Gasteiger partial charge in [-0.05, 0) is 38.5 Å². The maximum Gasteiger partial charge on any atom is 0.227 e. The van der Waals surface area contributed by atoms with Crippen LogP contribution >= 0.6 is 24.8 Å². The van der Waals surface area contributed by atoms with Crippen LogP contribution in [0.2, 0.25) is 0 Å². The van der Waals surface area contributed by atoms with E-state index in [1.54, 1.807) is 0 Å². The topological polar surface area (TPSA) is 58.4 Å². The molecule has 2 rings (SSSR count). The minimum Gasteiger partial charge on any atom is -0.353 e. The lowest BCUT2D eigenvalue weighted by molar-refractivity contribution is -0.132. The lowest BCUT2D eigenvalue weighted by Crippen LogP contribution is -2.53. The van der Waals surface area contributed by atoms with Crippen molar-refractivity contribution in [2.75, 3.05) is 19.6 Å². The first-order valence-corrected chi connectivity index (χ1v) is 9.40. The molecule has 3 N–H and O–H groups in total. The summed E-state index contributed by atoms with van der Waals surface area (Å²) >= 11 is 0. The van der Waals surface area contributed by atoms with Gasteiger partial charge < -0.3 is 16.0 Å². The van der Waals surface area contributed by atoms with Crippen molar-refractivity contribution in [2.24, 2.45) is 11.1 Å². The van der Waals surface area contributed by atoms with Gasteiger partial charge in [0, 0.05) is 31.7 Å². The highest BCUT2D eigenvalue weighted by Gasteiger charge is 2.35. The highest BCUT2D eigenvalue weighted by molar-refractivity contribution is 5.85. The molecule has 144 valence electrons. The quantitative estimate of drug-likeness (QED) is 0.739. The van der Waals surface area contributed by atoms with Crippen LogP contribution in [0.3, 0.4) is 0 Å². The first-order valence-electron chi connectivity index (χ1n) is 9.40. The number of nitrogens with one attached hydrogen (secondary N) is 1. The summed E-state index contributed by atoms with van der Waals surface area (Å²) in [6.45, 7) is 6.88. The number of likely N-dealkylation sites (tertiary alicyclic amines) is 1. The van der Waals surface area contributed by atoms with E-state index >= 15 is 0 Å². The molecule has 0 unspecified atom stereocenters. The molecule has 1 heterocycles. The molecule has 1 saturated carbocycles. The van der Waals surface area contributed by atoms with Crippen LogP contribution in [-0.4, -0.2) is 42.5 Å². The van der Waals surface area contributed by atoms with Gasteiger partial charge in [-0.15, -0.1) is 24.8 Å².